The van der Waals surface area contributed by atoms with Crippen molar-refractivity contribution in [3.8, 4) is 5.69 Å². The Hall–Kier alpha value is -2.73. The highest BCUT2D eigenvalue weighted by Gasteiger charge is 2.42. The molecule has 5 N–H and O–H groups in total. The lowest BCUT2D eigenvalue weighted by atomic mass is 10.0. The lowest BCUT2D eigenvalue weighted by Crippen LogP contribution is -2.55. The van der Waals surface area contributed by atoms with Gasteiger partial charge in [-0.05, 0) is 43.5 Å². The Bertz CT molecular complexity index is 1010. The summed E-state index contributed by atoms with van der Waals surface area (Å²) in [6.45, 7) is 2.22. The maximum absolute atomic E-state index is 12.9. The summed E-state index contributed by atoms with van der Waals surface area (Å²) in [4.78, 5) is 27.0. The Balaban J connectivity index is 1.36. The van der Waals surface area contributed by atoms with Crippen LogP contribution in [0.15, 0.2) is 53.4 Å². The Morgan fingerprint density at radius 3 is 2.64 bits per heavy atom. The molecule has 0 spiro atoms. The van der Waals surface area contributed by atoms with E-state index in [4.69, 9.17) is 0 Å². The molecule has 2 aromatic rings. The van der Waals surface area contributed by atoms with Crippen LogP contribution in [0.25, 0.3) is 5.69 Å². The van der Waals surface area contributed by atoms with Gasteiger partial charge in [-0.25, -0.2) is 10.1 Å². The predicted molar refractivity (Wildman–Crippen MR) is 124 cm³/mol. The van der Waals surface area contributed by atoms with Crippen molar-refractivity contribution in [2.75, 3.05) is 6.54 Å². The molecule has 3 heterocycles. The Morgan fingerprint density at radius 1 is 1.24 bits per heavy atom. The van der Waals surface area contributed by atoms with E-state index < -0.39 is 30.1 Å². The van der Waals surface area contributed by atoms with Gasteiger partial charge in [0.05, 0.1) is 23.8 Å². The number of hydrazine groups is 1. The number of carbonyl (C=O) groups excluding carboxylic acids is 2. The van der Waals surface area contributed by atoms with E-state index in [1.807, 2.05) is 36.5 Å². The van der Waals surface area contributed by atoms with Gasteiger partial charge in [0.2, 0.25) is 0 Å². The highest BCUT2D eigenvalue weighted by atomic mass is 79.9. The molecule has 1 aromatic heterocycles. The van der Waals surface area contributed by atoms with E-state index in [-0.39, 0.29) is 12.1 Å². The molecule has 5 atom stereocenters. The van der Waals surface area contributed by atoms with E-state index in [1.165, 1.54) is 4.90 Å². The Labute approximate surface area is 199 Å². The second-order valence-corrected chi connectivity index (χ2v) is 9.11. The van der Waals surface area contributed by atoms with Crippen molar-refractivity contribution < 1.29 is 19.8 Å². The molecule has 2 amide bonds. The molecule has 4 rings (SSSR count). The highest BCUT2D eigenvalue weighted by Crippen LogP contribution is 2.28. The summed E-state index contributed by atoms with van der Waals surface area (Å²) in [5.74, 6) is -1.47. The average Bonchev–Trinajstić information content (AvgIpc) is 3.59. The van der Waals surface area contributed by atoms with Gasteiger partial charge < -0.3 is 25.9 Å². The fraction of sp³-hybridized carbons (Fsp3) is 0.409. The van der Waals surface area contributed by atoms with Crippen LogP contribution in [0.4, 0.5) is 0 Å². The first-order chi connectivity index (χ1) is 15.9. The van der Waals surface area contributed by atoms with Crippen LogP contribution in [0.3, 0.4) is 0 Å². The van der Waals surface area contributed by atoms with Crippen LogP contribution in [0, 0.1) is 0 Å². The van der Waals surface area contributed by atoms with E-state index in [9.17, 15) is 19.8 Å². The molecule has 1 saturated heterocycles. The molecule has 1 fully saturated rings. The summed E-state index contributed by atoms with van der Waals surface area (Å²) in [6.07, 6.45) is 3.06. The molecular formula is C22H27BrN6O4. The second kappa shape index (κ2) is 10.0. The number of aromatic nitrogens is 2. The van der Waals surface area contributed by atoms with Crippen molar-refractivity contribution in [1.29, 1.82) is 0 Å². The molecule has 0 bridgehead atoms. The molecule has 2 unspecified atom stereocenters. The zero-order valence-corrected chi connectivity index (χ0v) is 19.6. The lowest BCUT2D eigenvalue weighted by molar-refractivity contribution is -0.154. The van der Waals surface area contributed by atoms with Gasteiger partial charge in [-0.1, -0.05) is 28.1 Å². The Kier molecular flexibility index (Phi) is 7.13. The number of halogens is 1. The molecule has 33 heavy (non-hydrogen) atoms. The molecule has 0 aliphatic carbocycles. The molecule has 11 heteroatoms. The zero-order chi connectivity index (χ0) is 23.5. The first-order valence-corrected chi connectivity index (χ1v) is 11.6. The zero-order valence-electron chi connectivity index (χ0n) is 18.1. The van der Waals surface area contributed by atoms with Crippen LogP contribution in [-0.4, -0.2) is 67.5 Å². The summed E-state index contributed by atoms with van der Waals surface area (Å²) in [6, 6.07) is 8.46. The summed E-state index contributed by atoms with van der Waals surface area (Å²) < 4.78 is 2.59. The van der Waals surface area contributed by atoms with E-state index >= 15 is 0 Å². The second-order valence-electron chi connectivity index (χ2n) is 8.20. The quantitative estimate of drug-likeness (QED) is 0.360. The van der Waals surface area contributed by atoms with Crippen LogP contribution >= 0.6 is 15.9 Å². The summed E-state index contributed by atoms with van der Waals surface area (Å²) >= 11 is 3.46. The third-order valence-electron chi connectivity index (χ3n) is 6.05. The van der Waals surface area contributed by atoms with Crippen molar-refractivity contribution in [3.05, 3.63) is 59.0 Å². The van der Waals surface area contributed by atoms with Crippen LogP contribution in [0.2, 0.25) is 0 Å². The van der Waals surface area contributed by atoms with Gasteiger partial charge >= 0.3 is 0 Å². The molecule has 1 aromatic carbocycles. The number of carbonyl (C=O) groups is 2. The van der Waals surface area contributed by atoms with Gasteiger partial charge in [0.15, 0.2) is 12.2 Å². The Morgan fingerprint density at radius 2 is 2.00 bits per heavy atom. The van der Waals surface area contributed by atoms with Crippen molar-refractivity contribution in [1.82, 2.24) is 30.8 Å². The van der Waals surface area contributed by atoms with Crippen molar-refractivity contribution >= 4 is 27.7 Å². The molecule has 10 nitrogen and oxygen atoms in total. The number of nitrogens with zero attached hydrogens (tertiary/aromatic N) is 3. The number of likely N-dealkylation sites (tertiary alicyclic amines) is 1. The van der Waals surface area contributed by atoms with Gasteiger partial charge in [0.1, 0.15) is 0 Å². The number of aliphatic hydroxyl groups is 2. The van der Waals surface area contributed by atoms with E-state index in [0.717, 1.165) is 28.6 Å². The maximum Gasteiger partial charge on any atom is 0.255 e. The standard InChI is InChI=1S/C22H27BrN6O4/c1-13(14-5-7-15(8-6-14)29-11-3-9-25-29)26-21(32)19(30)20(31)22(33)28-10-2-4-17(28)18-16(23)12-24-27-18/h3,5-9,11-13,17-20,24,27,30-31H,2,4,10H2,1H3,(H,26,32)/t13-,17-,18?,19?,20-/m1/s1. The van der Waals surface area contributed by atoms with Gasteiger partial charge in [0, 0.05) is 29.6 Å². The third-order valence-corrected chi connectivity index (χ3v) is 6.78. The van der Waals surface area contributed by atoms with E-state index in [1.54, 1.807) is 24.0 Å². The fourth-order valence-corrected chi connectivity index (χ4v) is 4.75. The number of hydrogen-bond donors (Lipinski definition) is 5. The third kappa shape index (κ3) is 4.96. The van der Waals surface area contributed by atoms with Gasteiger partial charge in [-0.2, -0.15) is 5.10 Å². The van der Waals surface area contributed by atoms with Crippen LogP contribution in [0.1, 0.15) is 31.4 Å². The smallest absolute Gasteiger partial charge is 0.255 e. The number of rotatable bonds is 7. The van der Waals surface area contributed by atoms with Gasteiger partial charge in [-0.3, -0.25) is 9.59 Å². The van der Waals surface area contributed by atoms with Crippen LogP contribution in [-0.2, 0) is 9.59 Å². The van der Waals surface area contributed by atoms with Crippen molar-refractivity contribution in [2.24, 2.45) is 0 Å². The first-order valence-electron chi connectivity index (χ1n) is 10.8. The van der Waals surface area contributed by atoms with Gasteiger partial charge in [-0.15, -0.1) is 0 Å². The number of hydrogen-bond acceptors (Lipinski definition) is 7. The van der Waals surface area contributed by atoms with Crippen LogP contribution in [0.5, 0.6) is 0 Å². The molecule has 2 aliphatic rings. The minimum absolute atomic E-state index is 0.153. The first kappa shape index (κ1) is 23.4. The number of benzene rings is 1. The largest absolute Gasteiger partial charge is 0.380 e. The molecule has 0 saturated carbocycles. The highest BCUT2D eigenvalue weighted by molar-refractivity contribution is 9.11. The minimum atomic E-state index is -1.88. The van der Waals surface area contributed by atoms with Crippen molar-refractivity contribution in [2.45, 2.75) is 50.1 Å². The monoisotopic (exact) mass is 518 g/mol. The SMILES string of the molecule is C[C@@H](NC(=O)C(O)[C@@H](O)C(=O)N1CCC[C@@H]1C1NNC=C1Br)c1ccc(-n2cccn2)cc1. The number of amides is 2. The van der Waals surface area contributed by atoms with Crippen molar-refractivity contribution in [3.63, 3.8) is 0 Å². The topological polar surface area (TPSA) is 132 Å². The fourth-order valence-electron chi connectivity index (χ4n) is 4.22. The molecule has 0 radical (unpaired) electrons. The van der Waals surface area contributed by atoms with Gasteiger partial charge in [0.25, 0.3) is 11.8 Å². The maximum atomic E-state index is 12.9. The number of nitrogens with one attached hydrogen (secondary N) is 3. The normalized spacial score (nSPS) is 22.9. The predicted octanol–water partition coefficient (Wildman–Crippen LogP) is 0.475. The molecule has 176 valence electrons. The van der Waals surface area contributed by atoms with E-state index in [2.05, 4.69) is 37.2 Å². The summed E-state index contributed by atoms with van der Waals surface area (Å²) in [7, 11) is 0. The molecule has 2 aliphatic heterocycles. The average molecular weight is 519 g/mol. The molecular weight excluding hydrogens is 492 g/mol. The summed E-state index contributed by atoms with van der Waals surface area (Å²) in [5.41, 5.74) is 7.65. The summed E-state index contributed by atoms with van der Waals surface area (Å²) in [5, 5.41) is 27.8. The lowest BCUT2D eigenvalue weighted by Gasteiger charge is -2.32. The number of aliphatic hydroxyl groups excluding tert-OH is 2. The van der Waals surface area contributed by atoms with E-state index in [0.29, 0.717) is 6.54 Å². The minimum Gasteiger partial charge on any atom is -0.380 e. The van der Waals surface area contributed by atoms with Crippen LogP contribution < -0.4 is 16.2 Å².